The smallest absolute Gasteiger partial charge is 0.224 e. The van der Waals surface area contributed by atoms with Crippen molar-refractivity contribution in [3.63, 3.8) is 0 Å². The van der Waals surface area contributed by atoms with Crippen LogP contribution in [0.3, 0.4) is 0 Å². The van der Waals surface area contributed by atoms with Crippen molar-refractivity contribution in [2.45, 2.75) is 38.6 Å². The molecule has 2 saturated heterocycles. The van der Waals surface area contributed by atoms with Crippen LogP contribution in [-0.4, -0.2) is 68.0 Å². The summed E-state index contributed by atoms with van der Waals surface area (Å²) in [5.41, 5.74) is 0. The lowest BCUT2D eigenvalue weighted by Crippen LogP contribution is -2.43. The molecule has 0 bridgehead atoms. The summed E-state index contributed by atoms with van der Waals surface area (Å²) < 4.78 is 24.9. The predicted molar refractivity (Wildman–Crippen MR) is 85.1 cm³/mol. The Morgan fingerprint density at radius 2 is 2.19 bits per heavy atom. The van der Waals surface area contributed by atoms with Gasteiger partial charge < -0.3 is 10.2 Å². The topological polar surface area (TPSA) is 69.7 Å². The van der Waals surface area contributed by atoms with Crippen LogP contribution in [0.1, 0.15) is 32.6 Å². The largest absolute Gasteiger partial charge is 0.338 e. The molecule has 8 heteroatoms. The molecule has 1 N–H and O–H groups in total. The van der Waals surface area contributed by atoms with Crippen LogP contribution in [0.4, 0.5) is 0 Å². The fourth-order valence-electron chi connectivity index (χ4n) is 2.96. The molecule has 2 aliphatic rings. The quantitative estimate of drug-likeness (QED) is 0.762. The van der Waals surface area contributed by atoms with E-state index in [-0.39, 0.29) is 30.1 Å². The van der Waals surface area contributed by atoms with Crippen LogP contribution in [0.2, 0.25) is 0 Å². The van der Waals surface area contributed by atoms with Gasteiger partial charge in [0.15, 0.2) is 0 Å². The van der Waals surface area contributed by atoms with Gasteiger partial charge in [-0.1, -0.05) is 6.92 Å². The molecule has 1 amide bonds. The molecule has 2 heterocycles. The van der Waals surface area contributed by atoms with Gasteiger partial charge in [0.1, 0.15) is 0 Å². The zero-order valence-electron chi connectivity index (χ0n) is 12.6. The van der Waals surface area contributed by atoms with Gasteiger partial charge in [0.05, 0.1) is 5.75 Å². The van der Waals surface area contributed by atoms with Crippen molar-refractivity contribution in [2.75, 3.05) is 38.5 Å². The number of amides is 1. The van der Waals surface area contributed by atoms with Crippen molar-refractivity contribution >= 4 is 28.3 Å². The molecule has 1 atom stereocenters. The van der Waals surface area contributed by atoms with E-state index in [0.29, 0.717) is 25.9 Å². The second kappa shape index (κ2) is 8.31. The lowest BCUT2D eigenvalue weighted by molar-refractivity contribution is -0.133. The van der Waals surface area contributed by atoms with Crippen LogP contribution in [0.5, 0.6) is 0 Å². The summed E-state index contributed by atoms with van der Waals surface area (Å²) >= 11 is 0. The molecule has 0 saturated carbocycles. The van der Waals surface area contributed by atoms with Gasteiger partial charge in [-0.15, -0.1) is 12.4 Å². The highest BCUT2D eigenvalue weighted by molar-refractivity contribution is 7.89. The van der Waals surface area contributed by atoms with Crippen molar-refractivity contribution in [2.24, 2.45) is 0 Å². The molecular weight excluding hydrogens is 314 g/mol. The van der Waals surface area contributed by atoms with Gasteiger partial charge in [-0.3, -0.25) is 4.79 Å². The van der Waals surface area contributed by atoms with E-state index in [1.165, 1.54) is 4.31 Å². The number of sulfonamides is 1. The Balaban J connectivity index is 0.00000220. The fraction of sp³-hybridized carbons (Fsp3) is 0.923. The van der Waals surface area contributed by atoms with Gasteiger partial charge >= 0.3 is 0 Å². The maximum atomic E-state index is 12.4. The summed E-state index contributed by atoms with van der Waals surface area (Å²) in [5.74, 6) is 0.314. The van der Waals surface area contributed by atoms with E-state index in [1.54, 1.807) is 0 Å². The SMILES string of the molecule is CCCN(C(=O)CCN1CCCS1(=O)=O)C1CCNC1.Cl. The molecule has 2 aliphatic heterocycles. The first-order chi connectivity index (χ1) is 9.54. The zero-order chi connectivity index (χ0) is 14.6. The average molecular weight is 340 g/mol. The molecule has 0 spiro atoms. The Hall–Kier alpha value is -0.370. The van der Waals surface area contributed by atoms with Crippen LogP contribution in [0.15, 0.2) is 0 Å². The van der Waals surface area contributed by atoms with Crippen LogP contribution >= 0.6 is 12.4 Å². The average Bonchev–Trinajstić information content (AvgIpc) is 3.02. The van der Waals surface area contributed by atoms with E-state index >= 15 is 0 Å². The molecule has 6 nitrogen and oxygen atoms in total. The van der Waals surface area contributed by atoms with Crippen LogP contribution in [0, 0.1) is 0 Å². The Kier molecular flexibility index (Phi) is 7.39. The zero-order valence-corrected chi connectivity index (χ0v) is 14.2. The minimum absolute atomic E-state index is 0. The number of halogens is 1. The molecule has 1 unspecified atom stereocenters. The van der Waals surface area contributed by atoms with E-state index in [2.05, 4.69) is 12.2 Å². The van der Waals surface area contributed by atoms with E-state index in [0.717, 1.165) is 32.5 Å². The molecular formula is C13H26ClN3O3S. The van der Waals surface area contributed by atoms with Crippen molar-refractivity contribution in [3.05, 3.63) is 0 Å². The Morgan fingerprint density at radius 3 is 2.71 bits per heavy atom. The van der Waals surface area contributed by atoms with E-state index in [9.17, 15) is 13.2 Å². The summed E-state index contributed by atoms with van der Waals surface area (Å²) in [6.45, 7) is 5.54. The monoisotopic (exact) mass is 339 g/mol. The first-order valence-corrected chi connectivity index (χ1v) is 9.13. The van der Waals surface area contributed by atoms with Crippen molar-refractivity contribution in [1.82, 2.24) is 14.5 Å². The van der Waals surface area contributed by atoms with Gasteiger partial charge in [-0.2, -0.15) is 0 Å². The summed E-state index contributed by atoms with van der Waals surface area (Å²) in [4.78, 5) is 14.3. The molecule has 2 fully saturated rings. The molecule has 2 rings (SSSR count). The van der Waals surface area contributed by atoms with Gasteiger partial charge in [0.25, 0.3) is 0 Å². The predicted octanol–water partition coefficient (Wildman–Crippen LogP) is 0.434. The second-order valence-electron chi connectivity index (χ2n) is 5.55. The molecule has 0 aliphatic carbocycles. The third-order valence-corrected chi connectivity index (χ3v) is 5.99. The van der Waals surface area contributed by atoms with Crippen LogP contribution in [-0.2, 0) is 14.8 Å². The van der Waals surface area contributed by atoms with Gasteiger partial charge in [-0.05, 0) is 25.8 Å². The van der Waals surface area contributed by atoms with E-state index in [4.69, 9.17) is 0 Å². The molecule has 21 heavy (non-hydrogen) atoms. The highest BCUT2D eigenvalue weighted by atomic mass is 35.5. The maximum absolute atomic E-state index is 12.4. The van der Waals surface area contributed by atoms with Gasteiger partial charge in [0.2, 0.25) is 15.9 Å². The number of rotatable bonds is 6. The molecule has 0 radical (unpaired) electrons. The third kappa shape index (κ3) is 4.81. The van der Waals surface area contributed by atoms with E-state index in [1.807, 2.05) is 4.90 Å². The second-order valence-corrected chi connectivity index (χ2v) is 7.64. The number of carbonyl (C=O) groups excluding carboxylic acids is 1. The Bertz CT molecular complexity index is 438. The lowest BCUT2D eigenvalue weighted by atomic mass is 10.2. The summed E-state index contributed by atoms with van der Waals surface area (Å²) in [7, 11) is -3.09. The van der Waals surface area contributed by atoms with Crippen molar-refractivity contribution < 1.29 is 13.2 Å². The standard InChI is InChI=1S/C13H25N3O3S.ClH/c1-2-7-16(12-4-6-14-11-12)13(17)5-9-15-8-3-10-20(15,18)19;/h12,14H,2-11H2,1H3;1H. The number of nitrogens with zero attached hydrogens (tertiary/aromatic N) is 2. The number of nitrogens with one attached hydrogen (secondary N) is 1. The highest BCUT2D eigenvalue weighted by Crippen LogP contribution is 2.15. The summed E-state index contributed by atoms with van der Waals surface area (Å²) in [5, 5.41) is 3.28. The molecule has 0 aromatic carbocycles. The summed E-state index contributed by atoms with van der Waals surface area (Å²) in [6.07, 6.45) is 2.91. The lowest BCUT2D eigenvalue weighted by Gasteiger charge is -2.29. The first-order valence-electron chi connectivity index (χ1n) is 7.52. The summed E-state index contributed by atoms with van der Waals surface area (Å²) in [6, 6.07) is 0.276. The Labute approximate surface area is 133 Å². The van der Waals surface area contributed by atoms with Gasteiger partial charge in [-0.25, -0.2) is 12.7 Å². The maximum Gasteiger partial charge on any atom is 0.224 e. The van der Waals surface area contributed by atoms with Crippen molar-refractivity contribution in [3.8, 4) is 0 Å². The highest BCUT2D eigenvalue weighted by Gasteiger charge is 2.30. The third-order valence-electron chi connectivity index (χ3n) is 4.04. The molecule has 0 aromatic heterocycles. The van der Waals surface area contributed by atoms with E-state index < -0.39 is 10.0 Å². The first kappa shape index (κ1) is 18.7. The molecule has 0 aromatic rings. The van der Waals surface area contributed by atoms with Crippen molar-refractivity contribution in [1.29, 1.82) is 0 Å². The van der Waals surface area contributed by atoms with Gasteiger partial charge in [0, 0.05) is 38.6 Å². The Morgan fingerprint density at radius 1 is 1.43 bits per heavy atom. The number of carbonyl (C=O) groups is 1. The van der Waals surface area contributed by atoms with Crippen LogP contribution < -0.4 is 5.32 Å². The van der Waals surface area contributed by atoms with Crippen LogP contribution in [0.25, 0.3) is 0 Å². The number of hydrogen-bond donors (Lipinski definition) is 1. The number of hydrogen-bond acceptors (Lipinski definition) is 4. The minimum atomic E-state index is -3.09. The molecule has 124 valence electrons. The normalized spacial score (nSPS) is 24.7. The fourth-order valence-corrected chi connectivity index (χ4v) is 4.49. The minimum Gasteiger partial charge on any atom is -0.338 e.